The van der Waals surface area contributed by atoms with Gasteiger partial charge < -0.3 is 40.3 Å². The summed E-state index contributed by atoms with van der Waals surface area (Å²) in [6.07, 6.45) is -6.53. The van der Waals surface area contributed by atoms with E-state index >= 15 is 0 Å². The van der Waals surface area contributed by atoms with E-state index in [4.69, 9.17) is 25.2 Å². The van der Waals surface area contributed by atoms with Crippen LogP contribution in [0.15, 0.2) is 10.9 Å². The Kier molecular flexibility index (Phi) is 8.03. The number of anilines is 1. The number of aromatic nitrogens is 2. The number of hydrogen-bond acceptors (Lipinski definition) is 12. The summed E-state index contributed by atoms with van der Waals surface area (Å²) in [6.45, 7) is -1.02. The first-order valence-corrected chi connectivity index (χ1v) is 13.0. The van der Waals surface area contributed by atoms with Crippen LogP contribution in [0.2, 0.25) is 0 Å². The molecule has 8 N–H and O–H groups in total. The maximum absolute atomic E-state index is 12.0. The van der Waals surface area contributed by atoms with Gasteiger partial charge in [0, 0.05) is 6.07 Å². The lowest BCUT2D eigenvalue weighted by Crippen LogP contribution is -2.37. The van der Waals surface area contributed by atoms with Crippen molar-refractivity contribution in [2.24, 2.45) is 0 Å². The molecule has 1 aromatic rings. The van der Waals surface area contributed by atoms with Gasteiger partial charge in [0.1, 0.15) is 24.1 Å². The molecule has 0 saturated carbocycles. The van der Waals surface area contributed by atoms with Crippen LogP contribution in [-0.2, 0) is 31.6 Å². The maximum atomic E-state index is 12.0. The Balaban J connectivity index is 2.10. The van der Waals surface area contributed by atoms with Gasteiger partial charge in [0.15, 0.2) is 6.23 Å². The minimum Gasteiger partial charge on any atom is -0.387 e. The van der Waals surface area contributed by atoms with Gasteiger partial charge in [-0.15, -0.1) is 0 Å². The molecule has 0 amide bonds. The molecule has 0 aliphatic carbocycles. The normalized spacial score (nSPS) is 28.8. The molecule has 172 valence electrons. The largest absolute Gasteiger partial charge is 0.490 e. The van der Waals surface area contributed by atoms with Crippen molar-refractivity contribution in [1.82, 2.24) is 9.55 Å². The first-order chi connectivity index (χ1) is 13.5. The third kappa shape index (κ3) is 6.85. The van der Waals surface area contributed by atoms with Gasteiger partial charge in [0.25, 0.3) is 0 Å². The van der Waals surface area contributed by atoms with E-state index in [-0.39, 0.29) is 9.52 Å². The van der Waals surface area contributed by atoms with Crippen molar-refractivity contribution in [2.45, 2.75) is 24.5 Å². The second-order valence-corrected chi connectivity index (χ2v) is 11.1. The highest BCUT2D eigenvalue weighted by atomic mass is 127. The van der Waals surface area contributed by atoms with Crippen LogP contribution in [0.3, 0.4) is 0 Å². The van der Waals surface area contributed by atoms with E-state index in [1.54, 1.807) is 22.6 Å². The van der Waals surface area contributed by atoms with Gasteiger partial charge in [0.05, 0.1) is 10.3 Å². The van der Waals surface area contributed by atoms with Crippen molar-refractivity contribution in [3.63, 3.8) is 0 Å². The van der Waals surface area contributed by atoms with Crippen LogP contribution < -0.4 is 11.4 Å². The topological polar surface area (TPSA) is 270 Å². The standard InChI is InChI=1S/C9H15IN3O14P3/c10-4-1-5(11)12-9(16)13(4)8-7(15)6(14)3(25-8)2-24-29(20,21)27-30(22,23)26-28(17,18)19/h1,3,6-8,14-15H,2H2,(H,20,21)(H,22,23)(H2,11,12,16)(H2,17,18,19)/t3-,6-,7-,8-/m1/s1. The summed E-state index contributed by atoms with van der Waals surface area (Å²) in [7, 11) is -16.7. The number of hydrogen-bond donors (Lipinski definition) is 7. The number of rotatable bonds is 8. The second kappa shape index (κ2) is 9.29. The molecular weight excluding hydrogens is 594 g/mol. The van der Waals surface area contributed by atoms with Crippen LogP contribution >= 0.6 is 46.1 Å². The van der Waals surface area contributed by atoms with Crippen molar-refractivity contribution in [3.05, 3.63) is 20.3 Å². The lowest BCUT2D eigenvalue weighted by atomic mass is 10.1. The zero-order chi connectivity index (χ0) is 23.1. The summed E-state index contributed by atoms with van der Waals surface area (Å²) >= 11 is 1.68. The highest BCUT2D eigenvalue weighted by Gasteiger charge is 2.47. The molecule has 0 spiro atoms. The van der Waals surface area contributed by atoms with Crippen LogP contribution in [-0.4, -0.2) is 64.3 Å². The van der Waals surface area contributed by atoms with Crippen LogP contribution in [0.4, 0.5) is 5.82 Å². The average Bonchev–Trinajstić information content (AvgIpc) is 2.77. The van der Waals surface area contributed by atoms with E-state index in [2.05, 4.69) is 18.1 Å². The Labute approximate surface area is 180 Å². The SMILES string of the molecule is Nc1cc(I)n([C@@H]2O[C@H](COP(=O)(O)OP(=O)(O)OP(=O)(O)O)[C@@H](O)[C@H]2O)c(=O)n1. The number of nitrogens with two attached hydrogens (primary N) is 1. The van der Waals surface area contributed by atoms with E-state index in [0.29, 0.717) is 0 Å². The van der Waals surface area contributed by atoms with Gasteiger partial charge in [-0.3, -0.25) is 9.09 Å². The molecule has 0 aromatic carbocycles. The zero-order valence-corrected chi connectivity index (χ0v) is 19.1. The van der Waals surface area contributed by atoms with Crippen LogP contribution in [0.25, 0.3) is 0 Å². The van der Waals surface area contributed by atoms with Crippen molar-refractivity contribution < 1.29 is 61.4 Å². The first kappa shape index (κ1) is 26.0. The lowest BCUT2D eigenvalue weighted by Gasteiger charge is -2.19. The van der Waals surface area contributed by atoms with Gasteiger partial charge in [-0.1, -0.05) is 0 Å². The fourth-order valence-electron chi connectivity index (χ4n) is 2.26. The van der Waals surface area contributed by atoms with E-state index < -0.39 is 60.3 Å². The molecule has 1 aliphatic rings. The van der Waals surface area contributed by atoms with Crippen LogP contribution in [0, 0.1) is 3.70 Å². The summed E-state index contributed by atoms with van der Waals surface area (Å²) in [6, 6.07) is 1.27. The molecule has 1 fully saturated rings. The molecule has 0 bridgehead atoms. The van der Waals surface area contributed by atoms with Crippen LogP contribution in [0.5, 0.6) is 0 Å². The summed E-state index contributed by atoms with van der Waals surface area (Å²) in [5, 5.41) is 20.2. The van der Waals surface area contributed by atoms with Gasteiger partial charge >= 0.3 is 29.2 Å². The van der Waals surface area contributed by atoms with Gasteiger partial charge in [-0.2, -0.15) is 13.6 Å². The van der Waals surface area contributed by atoms with E-state index in [0.717, 1.165) is 4.57 Å². The Morgan fingerprint density at radius 1 is 1.13 bits per heavy atom. The van der Waals surface area contributed by atoms with Crippen molar-refractivity contribution in [1.29, 1.82) is 0 Å². The van der Waals surface area contributed by atoms with E-state index in [1.165, 1.54) is 6.07 Å². The number of phosphoric ester groups is 1. The molecule has 0 radical (unpaired) electrons. The van der Waals surface area contributed by atoms with Crippen molar-refractivity contribution in [2.75, 3.05) is 12.3 Å². The zero-order valence-electron chi connectivity index (χ0n) is 14.2. The van der Waals surface area contributed by atoms with Crippen LogP contribution in [0.1, 0.15) is 6.23 Å². The predicted molar refractivity (Wildman–Crippen MR) is 101 cm³/mol. The number of halogens is 1. The summed E-state index contributed by atoms with van der Waals surface area (Å²) in [5.41, 5.74) is 4.50. The average molecular weight is 609 g/mol. The first-order valence-electron chi connectivity index (χ1n) is 7.36. The van der Waals surface area contributed by atoms with Gasteiger partial charge in [-0.25, -0.2) is 18.5 Å². The Bertz CT molecular complexity index is 997. The quantitative estimate of drug-likeness (QED) is 0.0993. The predicted octanol–water partition coefficient (Wildman–Crippen LogP) is -1.61. The minimum absolute atomic E-state index is 0.113. The fourth-order valence-corrected chi connectivity index (χ4v) is 6.09. The molecular formula is C9H15IN3O14P3. The molecule has 30 heavy (non-hydrogen) atoms. The molecule has 21 heteroatoms. The Morgan fingerprint density at radius 2 is 1.73 bits per heavy atom. The molecule has 1 aliphatic heterocycles. The minimum atomic E-state index is -5.72. The third-order valence-electron chi connectivity index (χ3n) is 3.34. The Hall–Kier alpha value is -0.300. The van der Waals surface area contributed by atoms with Crippen molar-refractivity contribution in [3.8, 4) is 0 Å². The summed E-state index contributed by atoms with van der Waals surface area (Å²) in [4.78, 5) is 50.9. The molecule has 1 saturated heterocycles. The molecule has 2 rings (SSSR count). The van der Waals surface area contributed by atoms with Gasteiger partial charge in [0.2, 0.25) is 0 Å². The fraction of sp³-hybridized carbons (Fsp3) is 0.556. The number of ether oxygens (including phenoxy) is 1. The number of nitrogens with zero attached hydrogens (tertiary/aromatic N) is 2. The number of aliphatic hydroxyl groups excluding tert-OH is 2. The highest BCUT2D eigenvalue weighted by molar-refractivity contribution is 14.1. The molecule has 1 aromatic heterocycles. The number of aliphatic hydroxyl groups is 2. The summed E-state index contributed by atoms with van der Waals surface area (Å²) < 4.78 is 51.3. The molecule has 6 atom stereocenters. The number of phosphoric acid groups is 3. The molecule has 2 heterocycles. The second-order valence-electron chi connectivity index (χ2n) is 5.59. The van der Waals surface area contributed by atoms with Crippen molar-refractivity contribution >= 4 is 51.9 Å². The third-order valence-corrected chi connectivity index (χ3v) is 7.97. The van der Waals surface area contributed by atoms with E-state index in [1.807, 2.05) is 0 Å². The van der Waals surface area contributed by atoms with E-state index in [9.17, 15) is 33.6 Å². The smallest absolute Gasteiger partial charge is 0.387 e. The maximum Gasteiger partial charge on any atom is 0.490 e. The Morgan fingerprint density at radius 3 is 2.27 bits per heavy atom. The molecule has 2 unspecified atom stereocenters. The monoisotopic (exact) mass is 609 g/mol. The summed E-state index contributed by atoms with van der Waals surface area (Å²) in [5.74, 6) is -0.113. The highest BCUT2D eigenvalue weighted by Crippen LogP contribution is 2.66. The lowest BCUT2D eigenvalue weighted by molar-refractivity contribution is -0.0553. The van der Waals surface area contributed by atoms with Gasteiger partial charge in [-0.05, 0) is 22.6 Å². The number of nitrogen functional groups attached to an aromatic ring is 1. The molecule has 17 nitrogen and oxygen atoms in total.